The highest BCUT2D eigenvalue weighted by atomic mass is 35.5. The van der Waals surface area contributed by atoms with Crippen molar-refractivity contribution in [3.8, 4) is 11.5 Å². The molecule has 1 amide bonds. The number of carbonyl (C=O) groups is 1. The standard InChI is InChI=1S/C22H25ClN2O3/c1-15-12-17(23)6-7-18(15)24-22(26)14-25-9-2-4-19(25)16-5-8-20-21(13-16)28-11-3-10-27-20/h5-8,12-13,19H,2-4,9-11,14H2,1H3,(H,24,26)/p+1/t19-/m0/s1. The minimum Gasteiger partial charge on any atom is -0.490 e. The van der Waals surface area contributed by atoms with E-state index in [1.165, 1.54) is 10.5 Å². The van der Waals surface area contributed by atoms with Crippen LogP contribution in [0.2, 0.25) is 5.02 Å². The maximum absolute atomic E-state index is 12.7. The van der Waals surface area contributed by atoms with E-state index in [-0.39, 0.29) is 5.91 Å². The monoisotopic (exact) mass is 401 g/mol. The zero-order chi connectivity index (χ0) is 19.5. The smallest absolute Gasteiger partial charge is 0.279 e. The predicted molar refractivity (Wildman–Crippen MR) is 110 cm³/mol. The Hall–Kier alpha value is -2.24. The molecule has 28 heavy (non-hydrogen) atoms. The molecule has 6 heteroatoms. The number of amides is 1. The topological polar surface area (TPSA) is 52.0 Å². The summed E-state index contributed by atoms with van der Waals surface area (Å²) in [5.74, 6) is 1.67. The number of halogens is 1. The Morgan fingerprint density at radius 2 is 1.96 bits per heavy atom. The lowest BCUT2D eigenvalue weighted by Crippen LogP contribution is -3.11. The number of benzene rings is 2. The third kappa shape index (κ3) is 4.26. The molecule has 1 fully saturated rings. The van der Waals surface area contributed by atoms with E-state index in [1.807, 2.05) is 25.1 Å². The van der Waals surface area contributed by atoms with E-state index in [4.69, 9.17) is 21.1 Å². The van der Waals surface area contributed by atoms with Gasteiger partial charge < -0.3 is 19.7 Å². The number of rotatable bonds is 4. The quantitative estimate of drug-likeness (QED) is 0.827. The fraction of sp³-hybridized carbons (Fsp3) is 0.409. The second-order valence-corrected chi connectivity index (χ2v) is 7.98. The van der Waals surface area contributed by atoms with Crippen LogP contribution in [0.4, 0.5) is 5.69 Å². The molecule has 0 radical (unpaired) electrons. The molecule has 2 atom stereocenters. The molecule has 0 spiro atoms. The fourth-order valence-electron chi connectivity index (χ4n) is 4.09. The van der Waals surface area contributed by atoms with Crippen molar-refractivity contribution < 1.29 is 19.2 Å². The number of likely N-dealkylation sites (tertiary alicyclic amines) is 1. The fourth-order valence-corrected chi connectivity index (χ4v) is 4.32. The molecular formula is C22H26ClN2O3+. The molecule has 0 aliphatic carbocycles. The molecule has 0 aromatic heterocycles. The lowest BCUT2D eigenvalue weighted by atomic mass is 10.0. The summed E-state index contributed by atoms with van der Waals surface area (Å²) in [4.78, 5) is 13.9. The number of quaternary nitrogens is 1. The Morgan fingerprint density at radius 3 is 2.79 bits per heavy atom. The normalized spacial score (nSPS) is 21.2. The average Bonchev–Trinajstić information content (AvgIpc) is 2.99. The lowest BCUT2D eigenvalue weighted by Gasteiger charge is -2.22. The van der Waals surface area contributed by atoms with Gasteiger partial charge in [0.25, 0.3) is 5.91 Å². The van der Waals surface area contributed by atoms with Crippen molar-refractivity contribution in [1.29, 1.82) is 0 Å². The third-order valence-corrected chi connectivity index (χ3v) is 5.74. The Labute approximate surface area is 170 Å². The zero-order valence-corrected chi connectivity index (χ0v) is 16.8. The summed E-state index contributed by atoms with van der Waals surface area (Å²) in [6.45, 7) is 4.76. The first-order chi connectivity index (χ1) is 13.6. The second kappa shape index (κ2) is 8.41. The molecule has 2 aliphatic rings. The molecule has 148 valence electrons. The first-order valence-electron chi connectivity index (χ1n) is 9.90. The highest BCUT2D eigenvalue weighted by molar-refractivity contribution is 6.30. The summed E-state index contributed by atoms with van der Waals surface area (Å²) in [6.07, 6.45) is 3.08. The van der Waals surface area contributed by atoms with Crippen molar-refractivity contribution in [2.24, 2.45) is 0 Å². The minimum atomic E-state index is 0.0293. The Balaban J connectivity index is 1.45. The Kier molecular flexibility index (Phi) is 5.74. The number of anilines is 1. The molecule has 2 N–H and O–H groups in total. The highest BCUT2D eigenvalue weighted by Crippen LogP contribution is 2.33. The average molecular weight is 402 g/mol. The van der Waals surface area contributed by atoms with Gasteiger partial charge in [0.1, 0.15) is 6.04 Å². The van der Waals surface area contributed by atoms with Gasteiger partial charge in [0.2, 0.25) is 0 Å². The van der Waals surface area contributed by atoms with E-state index in [1.54, 1.807) is 6.07 Å². The van der Waals surface area contributed by atoms with E-state index < -0.39 is 0 Å². The number of hydrogen-bond acceptors (Lipinski definition) is 3. The number of carbonyl (C=O) groups excluding carboxylic acids is 1. The largest absolute Gasteiger partial charge is 0.490 e. The first-order valence-corrected chi connectivity index (χ1v) is 10.3. The lowest BCUT2D eigenvalue weighted by molar-refractivity contribution is -0.910. The molecule has 4 rings (SSSR count). The summed E-state index contributed by atoms with van der Waals surface area (Å²) >= 11 is 6.00. The molecule has 2 aliphatic heterocycles. The minimum absolute atomic E-state index is 0.0293. The molecule has 5 nitrogen and oxygen atoms in total. The van der Waals surface area contributed by atoms with E-state index in [2.05, 4.69) is 17.4 Å². The summed E-state index contributed by atoms with van der Waals surface area (Å²) in [5.41, 5.74) is 3.00. The van der Waals surface area contributed by atoms with Gasteiger partial charge in [0.05, 0.1) is 19.8 Å². The van der Waals surface area contributed by atoms with Crippen LogP contribution < -0.4 is 19.7 Å². The number of fused-ring (bicyclic) bond motifs is 1. The van der Waals surface area contributed by atoms with Crippen molar-refractivity contribution in [2.75, 3.05) is 31.6 Å². The predicted octanol–water partition coefficient (Wildman–Crippen LogP) is 3.17. The van der Waals surface area contributed by atoms with Crippen LogP contribution in [-0.2, 0) is 4.79 Å². The summed E-state index contributed by atoms with van der Waals surface area (Å²) in [5, 5.41) is 3.71. The van der Waals surface area contributed by atoms with Crippen LogP contribution in [0.3, 0.4) is 0 Å². The van der Waals surface area contributed by atoms with Crippen molar-refractivity contribution in [3.05, 3.63) is 52.5 Å². The zero-order valence-electron chi connectivity index (χ0n) is 16.1. The molecule has 1 unspecified atom stereocenters. The van der Waals surface area contributed by atoms with E-state index >= 15 is 0 Å². The third-order valence-electron chi connectivity index (χ3n) is 5.51. The van der Waals surface area contributed by atoms with Crippen LogP contribution in [-0.4, -0.2) is 32.2 Å². The highest BCUT2D eigenvalue weighted by Gasteiger charge is 2.32. The van der Waals surface area contributed by atoms with Crippen molar-refractivity contribution >= 4 is 23.2 Å². The van der Waals surface area contributed by atoms with Crippen molar-refractivity contribution in [1.82, 2.24) is 0 Å². The van der Waals surface area contributed by atoms with Crippen LogP contribution in [0, 0.1) is 6.92 Å². The number of ether oxygens (including phenoxy) is 2. The second-order valence-electron chi connectivity index (χ2n) is 7.54. The van der Waals surface area contributed by atoms with Gasteiger partial charge in [0.15, 0.2) is 18.0 Å². The van der Waals surface area contributed by atoms with Gasteiger partial charge in [-0.05, 0) is 48.9 Å². The van der Waals surface area contributed by atoms with Crippen LogP contribution in [0.5, 0.6) is 11.5 Å². The molecule has 1 saturated heterocycles. The number of hydrogen-bond donors (Lipinski definition) is 2. The van der Waals surface area contributed by atoms with Crippen LogP contribution in [0.15, 0.2) is 36.4 Å². The van der Waals surface area contributed by atoms with Crippen LogP contribution >= 0.6 is 11.6 Å². The number of aryl methyl sites for hydroxylation is 1. The van der Waals surface area contributed by atoms with Crippen LogP contribution in [0.25, 0.3) is 0 Å². The summed E-state index contributed by atoms with van der Waals surface area (Å²) in [6, 6.07) is 12.0. The van der Waals surface area contributed by atoms with Crippen molar-refractivity contribution in [2.45, 2.75) is 32.2 Å². The SMILES string of the molecule is Cc1cc(Cl)ccc1NC(=O)C[NH+]1CCC[C@H]1c1ccc2c(c1)OCCCO2. The van der Waals surface area contributed by atoms with Gasteiger partial charge in [-0.15, -0.1) is 0 Å². The van der Waals surface area contributed by atoms with Gasteiger partial charge in [-0.25, -0.2) is 0 Å². The van der Waals surface area contributed by atoms with Gasteiger partial charge in [-0.2, -0.15) is 0 Å². The molecule has 2 heterocycles. The van der Waals surface area contributed by atoms with Gasteiger partial charge in [-0.3, -0.25) is 4.79 Å². The molecule has 0 saturated carbocycles. The Bertz CT molecular complexity index is 871. The maximum atomic E-state index is 12.7. The number of nitrogens with one attached hydrogen (secondary N) is 2. The van der Waals surface area contributed by atoms with E-state index in [0.717, 1.165) is 48.6 Å². The Morgan fingerprint density at radius 1 is 1.14 bits per heavy atom. The van der Waals surface area contributed by atoms with E-state index in [9.17, 15) is 4.79 Å². The van der Waals surface area contributed by atoms with Crippen LogP contribution in [0.1, 0.15) is 36.4 Å². The van der Waals surface area contributed by atoms with Crippen molar-refractivity contribution in [3.63, 3.8) is 0 Å². The molecule has 2 aromatic carbocycles. The maximum Gasteiger partial charge on any atom is 0.279 e. The summed E-state index contributed by atoms with van der Waals surface area (Å²) < 4.78 is 11.6. The first kappa shape index (κ1) is 19.1. The molecular weight excluding hydrogens is 376 g/mol. The van der Waals surface area contributed by atoms with Gasteiger partial charge >= 0.3 is 0 Å². The van der Waals surface area contributed by atoms with Gasteiger partial charge in [0, 0.05) is 35.5 Å². The molecule has 2 aromatic rings. The van der Waals surface area contributed by atoms with E-state index in [0.29, 0.717) is 30.8 Å². The molecule has 0 bridgehead atoms. The summed E-state index contributed by atoms with van der Waals surface area (Å²) in [7, 11) is 0. The van der Waals surface area contributed by atoms with Gasteiger partial charge in [-0.1, -0.05) is 11.6 Å².